The Morgan fingerprint density at radius 2 is 2.07 bits per heavy atom. The number of hydrogen-bond acceptors (Lipinski definition) is 6. The maximum atomic E-state index is 13.6. The summed E-state index contributed by atoms with van der Waals surface area (Å²) in [6.45, 7) is 5.35. The van der Waals surface area contributed by atoms with Gasteiger partial charge >= 0.3 is 0 Å². The van der Waals surface area contributed by atoms with Crippen LogP contribution in [-0.4, -0.2) is 69.7 Å². The van der Waals surface area contributed by atoms with Crippen molar-refractivity contribution in [3.63, 3.8) is 0 Å². The van der Waals surface area contributed by atoms with Gasteiger partial charge in [0.05, 0.1) is 18.5 Å². The van der Waals surface area contributed by atoms with Crippen molar-refractivity contribution in [2.24, 2.45) is 5.92 Å². The molecular formula is C18H24FN7O. The maximum absolute atomic E-state index is 13.6. The highest BCUT2D eigenvalue weighted by Gasteiger charge is 2.37. The smallest absolute Gasteiger partial charge is 0.229 e. The molecule has 0 aliphatic carbocycles. The van der Waals surface area contributed by atoms with Crippen molar-refractivity contribution in [3.8, 4) is 0 Å². The van der Waals surface area contributed by atoms with Crippen LogP contribution in [0.2, 0.25) is 0 Å². The molecule has 2 saturated heterocycles. The highest BCUT2D eigenvalue weighted by atomic mass is 19.1. The first-order valence-corrected chi connectivity index (χ1v) is 9.28. The van der Waals surface area contributed by atoms with E-state index in [4.69, 9.17) is 0 Å². The van der Waals surface area contributed by atoms with Gasteiger partial charge in [0.15, 0.2) is 0 Å². The largest absolute Gasteiger partial charge is 0.340 e. The number of hydrogen-bond donors (Lipinski definition) is 2. The fourth-order valence-electron chi connectivity index (χ4n) is 3.76. The Balaban J connectivity index is 1.32. The summed E-state index contributed by atoms with van der Waals surface area (Å²) in [5.74, 6) is -0.389. The molecule has 2 aliphatic rings. The van der Waals surface area contributed by atoms with E-state index < -0.39 is 0 Å². The van der Waals surface area contributed by atoms with Crippen molar-refractivity contribution in [3.05, 3.63) is 48.3 Å². The van der Waals surface area contributed by atoms with Crippen LogP contribution in [0.15, 0.2) is 36.9 Å². The van der Waals surface area contributed by atoms with Gasteiger partial charge in [-0.1, -0.05) is 12.1 Å². The molecule has 2 atom stereocenters. The number of amides is 1. The fourth-order valence-corrected chi connectivity index (χ4v) is 3.76. The number of aromatic nitrogens is 3. The Hall–Kier alpha value is -2.36. The summed E-state index contributed by atoms with van der Waals surface area (Å²) in [5.41, 5.74) is 6.98. The van der Waals surface area contributed by atoms with Crippen molar-refractivity contribution in [2.45, 2.75) is 12.6 Å². The highest BCUT2D eigenvalue weighted by Crippen LogP contribution is 2.27. The summed E-state index contributed by atoms with van der Waals surface area (Å²) in [6, 6.07) is 6.24. The number of nitrogens with one attached hydrogen (secondary N) is 2. The highest BCUT2D eigenvalue weighted by molar-refractivity contribution is 5.80. The minimum atomic E-state index is -0.284. The van der Waals surface area contributed by atoms with E-state index >= 15 is 0 Å². The van der Waals surface area contributed by atoms with Crippen LogP contribution < -0.4 is 10.9 Å². The van der Waals surface area contributed by atoms with Crippen LogP contribution in [0.3, 0.4) is 0 Å². The monoisotopic (exact) mass is 373 g/mol. The van der Waals surface area contributed by atoms with Gasteiger partial charge in [0.1, 0.15) is 18.5 Å². The van der Waals surface area contributed by atoms with Crippen molar-refractivity contribution in [1.29, 1.82) is 0 Å². The topological polar surface area (TPSA) is 78.3 Å². The normalized spacial score (nSPS) is 23.7. The molecule has 0 spiro atoms. The Morgan fingerprint density at radius 3 is 2.81 bits per heavy atom. The van der Waals surface area contributed by atoms with Crippen molar-refractivity contribution < 1.29 is 9.18 Å². The summed E-state index contributed by atoms with van der Waals surface area (Å²) in [7, 11) is 0. The standard InChI is InChI=1S/C18H24FN7O/c19-15-3-1-2-14(10-15)17-16(11-21-23-17)18(27)25-7-4-24(5-8-25)6-9-26-13-20-12-22-26/h1-3,10,12-13,16-17,21,23H,4-9,11H2. The van der Waals surface area contributed by atoms with Gasteiger partial charge in [-0.3, -0.25) is 19.8 Å². The van der Waals surface area contributed by atoms with E-state index in [1.165, 1.54) is 18.5 Å². The Labute approximate surface area is 157 Å². The summed E-state index contributed by atoms with van der Waals surface area (Å²) >= 11 is 0. The third-order valence-corrected chi connectivity index (χ3v) is 5.30. The third kappa shape index (κ3) is 4.15. The molecule has 2 N–H and O–H groups in total. The summed E-state index contributed by atoms with van der Waals surface area (Å²) in [5, 5.41) is 4.11. The number of rotatable bonds is 5. The molecule has 2 fully saturated rings. The number of nitrogens with zero attached hydrogens (tertiary/aromatic N) is 5. The molecule has 2 aliphatic heterocycles. The lowest BCUT2D eigenvalue weighted by molar-refractivity contribution is -0.137. The molecule has 1 amide bonds. The predicted octanol–water partition coefficient (Wildman–Crippen LogP) is 0.0267. The van der Waals surface area contributed by atoms with Crippen LogP contribution in [0.1, 0.15) is 11.6 Å². The molecular weight excluding hydrogens is 349 g/mol. The lowest BCUT2D eigenvalue weighted by atomic mass is 9.93. The van der Waals surface area contributed by atoms with E-state index in [0.29, 0.717) is 19.6 Å². The zero-order chi connectivity index (χ0) is 18.6. The van der Waals surface area contributed by atoms with E-state index in [1.807, 2.05) is 15.6 Å². The number of carbonyl (C=O) groups is 1. The number of benzene rings is 1. The van der Waals surface area contributed by atoms with E-state index in [0.717, 1.165) is 31.7 Å². The van der Waals surface area contributed by atoms with Crippen LogP contribution >= 0.6 is 0 Å². The van der Waals surface area contributed by atoms with Crippen LogP contribution in [0, 0.1) is 11.7 Å². The zero-order valence-electron chi connectivity index (χ0n) is 15.1. The van der Waals surface area contributed by atoms with Gasteiger partial charge in [-0.2, -0.15) is 5.10 Å². The fraction of sp³-hybridized carbons (Fsp3) is 0.500. The summed E-state index contributed by atoms with van der Waals surface area (Å²) < 4.78 is 15.4. The van der Waals surface area contributed by atoms with Crippen molar-refractivity contribution in [2.75, 3.05) is 39.3 Å². The molecule has 3 heterocycles. The van der Waals surface area contributed by atoms with Crippen LogP contribution in [-0.2, 0) is 11.3 Å². The number of piperazine rings is 1. The van der Waals surface area contributed by atoms with Crippen LogP contribution in [0.4, 0.5) is 4.39 Å². The second-order valence-electron chi connectivity index (χ2n) is 6.99. The molecule has 27 heavy (non-hydrogen) atoms. The zero-order valence-corrected chi connectivity index (χ0v) is 15.1. The first-order valence-electron chi connectivity index (χ1n) is 9.28. The number of halogens is 1. The maximum Gasteiger partial charge on any atom is 0.229 e. The quantitative estimate of drug-likeness (QED) is 0.770. The molecule has 4 rings (SSSR count). The van der Waals surface area contributed by atoms with Gasteiger partial charge in [-0.05, 0) is 17.7 Å². The molecule has 9 heteroatoms. The minimum Gasteiger partial charge on any atom is -0.340 e. The average molecular weight is 373 g/mol. The van der Waals surface area contributed by atoms with Crippen LogP contribution in [0.5, 0.6) is 0 Å². The molecule has 0 saturated carbocycles. The van der Waals surface area contributed by atoms with E-state index in [9.17, 15) is 9.18 Å². The average Bonchev–Trinajstić information content (AvgIpc) is 3.38. The second kappa shape index (κ2) is 8.12. The lowest BCUT2D eigenvalue weighted by Crippen LogP contribution is -2.51. The Morgan fingerprint density at radius 1 is 1.22 bits per heavy atom. The molecule has 2 unspecified atom stereocenters. The molecule has 0 bridgehead atoms. The van der Waals surface area contributed by atoms with E-state index in [1.54, 1.807) is 12.4 Å². The molecule has 144 valence electrons. The third-order valence-electron chi connectivity index (χ3n) is 5.30. The van der Waals surface area contributed by atoms with Gasteiger partial charge in [0, 0.05) is 39.3 Å². The molecule has 2 aromatic rings. The lowest BCUT2D eigenvalue weighted by Gasteiger charge is -2.36. The van der Waals surface area contributed by atoms with Gasteiger partial charge in [-0.25, -0.2) is 14.8 Å². The van der Waals surface area contributed by atoms with Gasteiger partial charge in [-0.15, -0.1) is 0 Å². The summed E-state index contributed by atoms with van der Waals surface area (Å²) in [4.78, 5) is 21.2. The van der Waals surface area contributed by atoms with Gasteiger partial charge in [0.2, 0.25) is 5.91 Å². The summed E-state index contributed by atoms with van der Waals surface area (Å²) in [6.07, 6.45) is 3.25. The second-order valence-corrected chi connectivity index (χ2v) is 6.99. The molecule has 8 nitrogen and oxygen atoms in total. The molecule has 0 radical (unpaired) electrons. The first-order chi connectivity index (χ1) is 13.2. The number of carbonyl (C=O) groups excluding carboxylic acids is 1. The SMILES string of the molecule is O=C(C1CNNC1c1cccc(F)c1)N1CCN(CCn2cncn2)CC1. The Bertz CT molecular complexity index is 761. The van der Waals surface area contributed by atoms with Gasteiger partial charge < -0.3 is 4.90 Å². The van der Waals surface area contributed by atoms with E-state index in [-0.39, 0.29) is 23.7 Å². The number of hydrazine groups is 1. The van der Waals surface area contributed by atoms with Gasteiger partial charge in [0.25, 0.3) is 0 Å². The van der Waals surface area contributed by atoms with Crippen LogP contribution in [0.25, 0.3) is 0 Å². The Kier molecular flexibility index (Phi) is 5.42. The minimum absolute atomic E-state index is 0.123. The van der Waals surface area contributed by atoms with Crippen molar-refractivity contribution in [1.82, 2.24) is 35.4 Å². The first kappa shape index (κ1) is 18.0. The molecule has 1 aromatic carbocycles. The van der Waals surface area contributed by atoms with Crippen molar-refractivity contribution >= 4 is 5.91 Å². The molecule has 1 aromatic heterocycles. The van der Waals surface area contributed by atoms with E-state index in [2.05, 4.69) is 25.8 Å². The predicted molar refractivity (Wildman–Crippen MR) is 96.8 cm³/mol.